The third-order valence-electron chi connectivity index (χ3n) is 3.46. The lowest BCUT2D eigenvalue weighted by Gasteiger charge is -2.29. The second kappa shape index (κ2) is 4.94. The summed E-state index contributed by atoms with van der Waals surface area (Å²) in [4.78, 5) is 15.7. The van der Waals surface area contributed by atoms with Crippen LogP contribution in [0.15, 0.2) is 0 Å². The Balaban J connectivity index is 1.74. The minimum absolute atomic E-state index is 0.234. The lowest BCUT2D eigenvalue weighted by Crippen LogP contribution is -2.45. The SMILES string of the molecule is CC(=O)N1CCC(CN2CCNCC2)C1. The third-order valence-corrected chi connectivity index (χ3v) is 3.46. The Bertz CT molecular complexity index is 226. The maximum absolute atomic E-state index is 11.2. The molecule has 0 bridgehead atoms. The molecule has 15 heavy (non-hydrogen) atoms. The van der Waals surface area contributed by atoms with Gasteiger partial charge in [-0.1, -0.05) is 0 Å². The second-order valence-corrected chi connectivity index (χ2v) is 4.67. The molecular formula is C11H21N3O. The highest BCUT2D eigenvalue weighted by Gasteiger charge is 2.25. The van der Waals surface area contributed by atoms with Crippen molar-refractivity contribution in [2.75, 3.05) is 45.8 Å². The van der Waals surface area contributed by atoms with Crippen LogP contribution >= 0.6 is 0 Å². The fraction of sp³-hybridized carbons (Fsp3) is 0.909. The van der Waals surface area contributed by atoms with Crippen LogP contribution in [0.1, 0.15) is 13.3 Å². The summed E-state index contributed by atoms with van der Waals surface area (Å²) in [6.07, 6.45) is 1.18. The summed E-state index contributed by atoms with van der Waals surface area (Å²) in [5, 5.41) is 3.36. The first-order chi connectivity index (χ1) is 7.25. The molecule has 2 aliphatic heterocycles. The number of nitrogens with zero attached hydrogens (tertiary/aromatic N) is 2. The van der Waals surface area contributed by atoms with Crippen LogP contribution < -0.4 is 5.32 Å². The summed E-state index contributed by atoms with van der Waals surface area (Å²) in [5.74, 6) is 0.935. The van der Waals surface area contributed by atoms with Crippen LogP contribution in [0.5, 0.6) is 0 Å². The molecule has 1 atom stereocenters. The van der Waals surface area contributed by atoms with Crippen LogP contribution in [0.25, 0.3) is 0 Å². The van der Waals surface area contributed by atoms with Crippen molar-refractivity contribution in [2.24, 2.45) is 5.92 Å². The molecule has 2 heterocycles. The molecule has 0 aromatic carbocycles. The number of carbonyl (C=O) groups is 1. The van der Waals surface area contributed by atoms with E-state index >= 15 is 0 Å². The summed E-state index contributed by atoms with van der Waals surface area (Å²) in [6, 6.07) is 0. The number of nitrogens with one attached hydrogen (secondary N) is 1. The van der Waals surface area contributed by atoms with Crippen LogP contribution in [-0.2, 0) is 4.79 Å². The smallest absolute Gasteiger partial charge is 0.219 e. The van der Waals surface area contributed by atoms with Gasteiger partial charge in [-0.15, -0.1) is 0 Å². The van der Waals surface area contributed by atoms with Crippen LogP contribution in [-0.4, -0.2) is 61.5 Å². The fourth-order valence-electron chi connectivity index (χ4n) is 2.53. The minimum Gasteiger partial charge on any atom is -0.343 e. The van der Waals surface area contributed by atoms with Gasteiger partial charge in [0.05, 0.1) is 0 Å². The number of hydrogen-bond acceptors (Lipinski definition) is 3. The first-order valence-electron chi connectivity index (χ1n) is 5.94. The van der Waals surface area contributed by atoms with Gasteiger partial charge in [0, 0.05) is 52.7 Å². The second-order valence-electron chi connectivity index (χ2n) is 4.67. The number of rotatable bonds is 2. The van der Waals surface area contributed by atoms with Crippen molar-refractivity contribution in [1.82, 2.24) is 15.1 Å². The highest BCUT2D eigenvalue weighted by Crippen LogP contribution is 2.17. The van der Waals surface area contributed by atoms with E-state index in [1.54, 1.807) is 6.92 Å². The summed E-state index contributed by atoms with van der Waals surface area (Å²) < 4.78 is 0. The molecule has 4 heteroatoms. The maximum Gasteiger partial charge on any atom is 0.219 e. The highest BCUT2D eigenvalue weighted by atomic mass is 16.2. The maximum atomic E-state index is 11.2. The molecule has 86 valence electrons. The zero-order chi connectivity index (χ0) is 10.7. The lowest BCUT2D eigenvalue weighted by atomic mass is 10.1. The zero-order valence-electron chi connectivity index (χ0n) is 9.54. The zero-order valence-corrected chi connectivity index (χ0v) is 9.54. The van der Waals surface area contributed by atoms with Crippen LogP contribution in [0, 0.1) is 5.92 Å². The van der Waals surface area contributed by atoms with Crippen LogP contribution in [0.2, 0.25) is 0 Å². The first kappa shape index (κ1) is 10.9. The fourth-order valence-corrected chi connectivity index (χ4v) is 2.53. The van der Waals surface area contributed by atoms with Crippen LogP contribution in [0.4, 0.5) is 0 Å². The molecule has 2 aliphatic rings. The largest absolute Gasteiger partial charge is 0.343 e. The quantitative estimate of drug-likeness (QED) is 0.685. The van der Waals surface area contributed by atoms with Crippen molar-refractivity contribution in [3.8, 4) is 0 Å². The van der Waals surface area contributed by atoms with Gasteiger partial charge in [0.15, 0.2) is 0 Å². The van der Waals surface area contributed by atoms with E-state index in [0.29, 0.717) is 5.92 Å². The third kappa shape index (κ3) is 2.92. The molecule has 0 radical (unpaired) electrons. The normalized spacial score (nSPS) is 28.3. The Morgan fingerprint density at radius 2 is 2.07 bits per heavy atom. The molecule has 0 aromatic rings. The molecule has 2 rings (SSSR count). The lowest BCUT2D eigenvalue weighted by molar-refractivity contribution is -0.127. The Hall–Kier alpha value is -0.610. The minimum atomic E-state index is 0.234. The van der Waals surface area contributed by atoms with E-state index in [0.717, 1.165) is 39.3 Å². The van der Waals surface area contributed by atoms with Crippen molar-refractivity contribution in [1.29, 1.82) is 0 Å². The van der Waals surface area contributed by atoms with Crippen molar-refractivity contribution < 1.29 is 4.79 Å². The summed E-state index contributed by atoms with van der Waals surface area (Å²) >= 11 is 0. The Labute approximate surface area is 91.6 Å². The van der Waals surface area contributed by atoms with E-state index in [2.05, 4.69) is 10.2 Å². The first-order valence-corrected chi connectivity index (χ1v) is 5.94. The summed E-state index contributed by atoms with van der Waals surface area (Å²) in [5.41, 5.74) is 0. The molecule has 0 aliphatic carbocycles. The Kier molecular flexibility index (Phi) is 3.59. The van der Waals surface area contributed by atoms with Gasteiger partial charge in [-0.2, -0.15) is 0 Å². The van der Waals surface area contributed by atoms with Crippen molar-refractivity contribution in [3.63, 3.8) is 0 Å². The van der Waals surface area contributed by atoms with Crippen LogP contribution in [0.3, 0.4) is 0 Å². The van der Waals surface area contributed by atoms with E-state index < -0.39 is 0 Å². The monoisotopic (exact) mass is 211 g/mol. The average Bonchev–Trinajstić information content (AvgIpc) is 2.68. The predicted molar refractivity (Wildman–Crippen MR) is 59.7 cm³/mol. The number of carbonyl (C=O) groups excluding carboxylic acids is 1. The van der Waals surface area contributed by atoms with E-state index in [1.807, 2.05) is 4.90 Å². The molecule has 1 amide bonds. The van der Waals surface area contributed by atoms with Gasteiger partial charge in [0.2, 0.25) is 5.91 Å². The number of piperazine rings is 1. The number of hydrogen-bond donors (Lipinski definition) is 1. The van der Waals surface area contributed by atoms with E-state index in [-0.39, 0.29) is 5.91 Å². The van der Waals surface area contributed by atoms with Gasteiger partial charge in [-0.3, -0.25) is 4.79 Å². The van der Waals surface area contributed by atoms with Gasteiger partial charge in [0.1, 0.15) is 0 Å². The topological polar surface area (TPSA) is 35.6 Å². The van der Waals surface area contributed by atoms with E-state index in [9.17, 15) is 4.79 Å². The average molecular weight is 211 g/mol. The molecule has 0 aromatic heterocycles. The van der Waals surface area contributed by atoms with Gasteiger partial charge in [-0.05, 0) is 12.3 Å². The number of likely N-dealkylation sites (tertiary alicyclic amines) is 1. The Morgan fingerprint density at radius 1 is 1.33 bits per heavy atom. The van der Waals surface area contributed by atoms with Crippen molar-refractivity contribution in [3.05, 3.63) is 0 Å². The van der Waals surface area contributed by atoms with Gasteiger partial charge >= 0.3 is 0 Å². The molecule has 0 spiro atoms. The molecule has 1 N–H and O–H groups in total. The van der Waals surface area contributed by atoms with Gasteiger partial charge in [0.25, 0.3) is 0 Å². The molecular weight excluding hydrogens is 190 g/mol. The van der Waals surface area contributed by atoms with Crippen molar-refractivity contribution in [2.45, 2.75) is 13.3 Å². The summed E-state index contributed by atoms with van der Waals surface area (Å²) in [7, 11) is 0. The molecule has 2 fully saturated rings. The summed E-state index contributed by atoms with van der Waals surface area (Å²) in [6.45, 7) is 9.34. The molecule has 1 unspecified atom stereocenters. The highest BCUT2D eigenvalue weighted by molar-refractivity contribution is 5.73. The molecule has 0 saturated carbocycles. The van der Waals surface area contributed by atoms with Gasteiger partial charge < -0.3 is 15.1 Å². The molecule has 2 saturated heterocycles. The molecule has 4 nitrogen and oxygen atoms in total. The van der Waals surface area contributed by atoms with Crippen molar-refractivity contribution >= 4 is 5.91 Å². The number of amides is 1. The van der Waals surface area contributed by atoms with Gasteiger partial charge in [-0.25, -0.2) is 0 Å². The predicted octanol–water partition coefficient (Wildman–Crippen LogP) is -0.240. The standard InChI is InChI=1S/C11H21N3O/c1-10(15)14-5-2-11(9-14)8-13-6-3-12-4-7-13/h11-12H,2-9H2,1H3. The van der Waals surface area contributed by atoms with E-state index in [1.165, 1.54) is 13.0 Å². The van der Waals surface area contributed by atoms with E-state index in [4.69, 9.17) is 0 Å². The Morgan fingerprint density at radius 3 is 2.67 bits per heavy atom.